The van der Waals surface area contributed by atoms with Gasteiger partial charge >= 0.3 is 5.69 Å². The van der Waals surface area contributed by atoms with Gasteiger partial charge in [-0.05, 0) is 0 Å². The molecule has 7 heteroatoms. The van der Waals surface area contributed by atoms with Crippen LogP contribution in [0.3, 0.4) is 0 Å². The second kappa shape index (κ2) is 6.70. The molecule has 0 aliphatic carbocycles. The molecule has 2 aromatic carbocycles. The number of rotatable bonds is 3. The maximum atomic E-state index is 13.2. The molecule has 0 amide bonds. The number of nitrogens with zero attached hydrogens (tertiary/aromatic N) is 4. The summed E-state index contributed by atoms with van der Waals surface area (Å²) in [5.41, 5.74) is 0.519. The molecule has 0 saturated carbocycles. The van der Waals surface area contributed by atoms with Crippen molar-refractivity contribution >= 4 is 16.9 Å². The van der Waals surface area contributed by atoms with Crippen LogP contribution in [0.25, 0.3) is 22.4 Å². The number of aromatic nitrogens is 4. The lowest BCUT2D eigenvalue weighted by Gasteiger charge is -2.12. The van der Waals surface area contributed by atoms with E-state index in [1.807, 2.05) is 24.3 Å². The smallest absolute Gasteiger partial charge is 0.287 e. The zero-order valence-electron chi connectivity index (χ0n) is 15.3. The SMILES string of the molecule is Cn1c(=O)c2nc(C(=O)c3ccccc3)c(-c3ccccc3)nc2n(C)c1=O. The highest BCUT2D eigenvalue weighted by Gasteiger charge is 2.22. The number of carbonyl (C=O) groups excluding carboxylic acids is 1. The van der Waals surface area contributed by atoms with Gasteiger partial charge in [0.2, 0.25) is 5.78 Å². The van der Waals surface area contributed by atoms with Gasteiger partial charge in [0.05, 0.1) is 0 Å². The van der Waals surface area contributed by atoms with Crippen molar-refractivity contribution in [3.05, 3.63) is 92.8 Å². The summed E-state index contributed by atoms with van der Waals surface area (Å²) in [7, 11) is 2.89. The van der Waals surface area contributed by atoms with E-state index in [9.17, 15) is 14.4 Å². The molecule has 0 aliphatic rings. The van der Waals surface area contributed by atoms with Crippen molar-refractivity contribution in [1.29, 1.82) is 0 Å². The Morgan fingerprint density at radius 1 is 0.821 bits per heavy atom. The average molecular weight is 372 g/mol. The van der Waals surface area contributed by atoms with Crippen molar-refractivity contribution in [3.8, 4) is 11.3 Å². The lowest BCUT2D eigenvalue weighted by Crippen LogP contribution is -2.38. The van der Waals surface area contributed by atoms with Gasteiger partial charge in [0, 0.05) is 25.2 Å². The van der Waals surface area contributed by atoms with Gasteiger partial charge in [-0.25, -0.2) is 14.8 Å². The monoisotopic (exact) mass is 372 g/mol. The zero-order chi connectivity index (χ0) is 19.8. The molecule has 0 saturated heterocycles. The van der Waals surface area contributed by atoms with Crippen molar-refractivity contribution in [2.24, 2.45) is 14.1 Å². The van der Waals surface area contributed by atoms with Crippen molar-refractivity contribution in [2.75, 3.05) is 0 Å². The summed E-state index contributed by atoms with van der Waals surface area (Å²) in [5.74, 6) is -0.343. The highest BCUT2D eigenvalue weighted by Crippen LogP contribution is 2.24. The Morgan fingerprint density at radius 3 is 2.07 bits per heavy atom. The van der Waals surface area contributed by atoms with Crippen LogP contribution in [0.5, 0.6) is 0 Å². The molecule has 0 bridgehead atoms. The number of hydrogen-bond acceptors (Lipinski definition) is 5. The van der Waals surface area contributed by atoms with Crippen LogP contribution in [-0.2, 0) is 14.1 Å². The fraction of sp³-hybridized carbons (Fsp3) is 0.0952. The topological polar surface area (TPSA) is 86.8 Å². The number of aryl methyl sites for hydroxylation is 1. The highest BCUT2D eigenvalue weighted by atomic mass is 16.2. The molecule has 0 aliphatic heterocycles. The molecule has 0 atom stereocenters. The van der Waals surface area contributed by atoms with E-state index in [-0.39, 0.29) is 22.6 Å². The van der Waals surface area contributed by atoms with Crippen LogP contribution in [0, 0.1) is 0 Å². The third kappa shape index (κ3) is 2.73. The molecule has 0 unspecified atom stereocenters. The average Bonchev–Trinajstić information content (AvgIpc) is 2.76. The van der Waals surface area contributed by atoms with E-state index in [1.165, 1.54) is 18.7 Å². The molecule has 4 aromatic rings. The lowest BCUT2D eigenvalue weighted by atomic mass is 10.0. The first-order valence-electron chi connectivity index (χ1n) is 8.62. The second-order valence-corrected chi connectivity index (χ2v) is 6.36. The van der Waals surface area contributed by atoms with Crippen LogP contribution in [0.2, 0.25) is 0 Å². The van der Waals surface area contributed by atoms with E-state index < -0.39 is 11.2 Å². The van der Waals surface area contributed by atoms with E-state index >= 15 is 0 Å². The van der Waals surface area contributed by atoms with E-state index in [1.54, 1.807) is 36.4 Å². The fourth-order valence-electron chi connectivity index (χ4n) is 3.05. The molecule has 0 radical (unpaired) electrons. The Kier molecular flexibility index (Phi) is 4.19. The Morgan fingerprint density at radius 2 is 1.43 bits per heavy atom. The maximum Gasteiger partial charge on any atom is 0.332 e. The number of hydrogen-bond donors (Lipinski definition) is 0. The van der Waals surface area contributed by atoms with Gasteiger partial charge in [0.25, 0.3) is 5.56 Å². The first-order chi connectivity index (χ1) is 13.5. The van der Waals surface area contributed by atoms with Crippen LogP contribution in [-0.4, -0.2) is 24.9 Å². The number of benzene rings is 2. The van der Waals surface area contributed by atoms with Crippen LogP contribution >= 0.6 is 0 Å². The highest BCUT2D eigenvalue weighted by molar-refractivity contribution is 6.11. The van der Waals surface area contributed by atoms with E-state index in [0.717, 1.165) is 4.57 Å². The molecule has 0 spiro atoms. The number of carbonyl (C=O) groups is 1. The second-order valence-electron chi connectivity index (χ2n) is 6.36. The van der Waals surface area contributed by atoms with Gasteiger partial charge in [-0.3, -0.25) is 18.7 Å². The standard InChI is InChI=1S/C21H16N4O3/c1-24-19-17(20(27)25(2)21(24)28)22-16(18(26)14-11-7-4-8-12-14)15(23-19)13-9-5-3-6-10-13/h3-12H,1-2H3. The molecular formula is C21H16N4O3. The normalized spacial score (nSPS) is 10.9. The Bertz CT molecular complexity index is 1320. The van der Waals surface area contributed by atoms with Gasteiger partial charge in [-0.1, -0.05) is 60.7 Å². The molecule has 2 heterocycles. The largest absolute Gasteiger partial charge is 0.332 e. The third-order valence-corrected chi connectivity index (χ3v) is 4.57. The summed E-state index contributed by atoms with van der Waals surface area (Å²) in [5, 5.41) is 0. The van der Waals surface area contributed by atoms with Gasteiger partial charge in [-0.15, -0.1) is 0 Å². The molecule has 28 heavy (non-hydrogen) atoms. The van der Waals surface area contributed by atoms with Gasteiger partial charge in [0.1, 0.15) is 11.4 Å². The predicted octanol–water partition coefficient (Wildman–Crippen LogP) is 1.93. The fourth-order valence-corrected chi connectivity index (χ4v) is 3.05. The Labute approximate surface area is 159 Å². The Balaban J connectivity index is 2.11. The number of ketones is 1. The minimum Gasteiger partial charge on any atom is -0.287 e. The van der Waals surface area contributed by atoms with E-state index in [4.69, 9.17) is 0 Å². The van der Waals surface area contributed by atoms with E-state index in [2.05, 4.69) is 9.97 Å². The minimum absolute atomic E-state index is 0.0245. The van der Waals surface area contributed by atoms with Gasteiger partial charge in [0.15, 0.2) is 11.2 Å². The Hall–Kier alpha value is -3.87. The third-order valence-electron chi connectivity index (χ3n) is 4.57. The molecule has 4 rings (SSSR count). The summed E-state index contributed by atoms with van der Waals surface area (Å²) in [4.78, 5) is 46.9. The van der Waals surface area contributed by atoms with Crippen molar-refractivity contribution in [3.63, 3.8) is 0 Å². The van der Waals surface area contributed by atoms with Crippen molar-refractivity contribution in [2.45, 2.75) is 0 Å². The summed E-state index contributed by atoms with van der Waals surface area (Å²) >= 11 is 0. The molecular weight excluding hydrogens is 356 g/mol. The van der Waals surface area contributed by atoms with Gasteiger partial charge in [-0.2, -0.15) is 0 Å². The van der Waals surface area contributed by atoms with Crippen LogP contribution in [0.1, 0.15) is 16.1 Å². The van der Waals surface area contributed by atoms with Crippen LogP contribution in [0.15, 0.2) is 70.3 Å². The summed E-state index contributed by atoms with van der Waals surface area (Å²) < 4.78 is 2.21. The van der Waals surface area contributed by atoms with Gasteiger partial charge < -0.3 is 0 Å². The molecule has 0 N–H and O–H groups in total. The van der Waals surface area contributed by atoms with Crippen LogP contribution in [0.4, 0.5) is 0 Å². The molecule has 2 aromatic heterocycles. The minimum atomic E-state index is -0.590. The maximum absolute atomic E-state index is 13.2. The summed E-state index contributed by atoms with van der Waals surface area (Å²) in [6, 6.07) is 17.8. The van der Waals surface area contributed by atoms with Crippen molar-refractivity contribution in [1.82, 2.24) is 19.1 Å². The lowest BCUT2D eigenvalue weighted by molar-refractivity contribution is 0.103. The van der Waals surface area contributed by atoms with E-state index in [0.29, 0.717) is 16.8 Å². The molecule has 0 fully saturated rings. The zero-order valence-corrected chi connectivity index (χ0v) is 15.3. The first kappa shape index (κ1) is 17.5. The van der Waals surface area contributed by atoms with Crippen molar-refractivity contribution < 1.29 is 4.79 Å². The molecule has 138 valence electrons. The molecule has 7 nitrogen and oxygen atoms in total. The summed E-state index contributed by atoms with van der Waals surface area (Å²) in [6.45, 7) is 0. The first-order valence-corrected chi connectivity index (χ1v) is 8.62. The quantitative estimate of drug-likeness (QED) is 0.513. The number of fused-ring (bicyclic) bond motifs is 1. The predicted molar refractivity (Wildman–Crippen MR) is 105 cm³/mol. The van der Waals surface area contributed by atoms with Crippen LogP contribution < -0.4 is 11.2 Å². The summed E-state index contributed by atoms with van der Waals surface area (Å²) in [6.07, 6.45) is 0.